The molecule has 2 atom stereocenters. The predicted octanol–water partition coefficient (Wildman–Crippen LogP) is 2.54. The molecule has 0 saturated carbocycles. The third kappa shape index (κ3) is 6.76. The van der Waals surface area contributed by atoms with Crippen molar-refractivity contribution in [2.24, 2.45) is 5.73 Å². The molecule has 0 aromatic carbocycles. The van der Waals surface area contributed by atoms with Crippen molar-refractivity contribution in [1.82, 2.24) is 19.4 Å². The minimum Gasteiger partial charge on any atom is -0.391 e. The van der Waals surface area contributed by atoms with Crippen molar-refractivity contribution in [1.29, 1.82) is 0 Å². The molecular formula is C23H26F3N5O4. The fraction of sp³-hybridized carbons (Fsp3) is 0.391. The van der Waals surface area contributed by atoms with E-state index in [2.05, 4.69) is 9.97 Å². The monoisotopic (exact) mass is 493 g/mol. The number of halogens is 3. The second-order valence-electron chi connectivity index (χ2n) is 8.14. The molecule has 2 unspecified atom stereocenters. The van der Waals surface area contributed by atoms with Crippen molar-refractivity contribution in [3.05, 3.63) is 54.1 Å². The van der Waals surface area contributed by atoms with Gasteiger partial charge in [0.15, 0.2) is 0 Å². The topological polar surface area (TPSA) is 124 Å². The Kier molecular flexibility index (Phi) is 8.07. The Morgan fingerprint density at radius 3 is 2.54 bits per heavy atom. The van der Waals surface area contributed by atoms with Crippen LogP contribution in [-0.2, 0) is 15.7 Å². The van der Waals surface area contributed by atoms with E-state index < -0.39 is 23.8 Å². The second-order valence-corrected chi connectivity index (χ2v) is 8.14. The first-order valence-corrected chi connectivity index (χ1v) is 10.8. The molecule has 9 nitrogen and oxygen atoms in total. The average Bonchev–Trinajstić information content (AvgIpc) is 3.44. The SMILES string of the molecule is CC(=O)N1CCC(OCC(C)O)C1.NC(=O)c1cc2c(ccn2-c2ccc(C(F)(F)F)cn2)cn1. The number of aromatic nitrogens is 3. The van der Waals surface area contributed by atoms with Gasteiger partial charge in [0.05, 0.1) is 29.9 Å². The molecule has 1 aliphatic rings. The Morgan fingerprint density at radius 1 is 1.26 bits per heavy atom. The molecule has 4 rings (SSSR count). The van der Waals surface area contributed by atoms with Crippen LogP contribution in [-0.4, -0.2) is 68.3 Å². The number of amides is 2. The normalized spacial score (nSPS) is 16.6. The second kappa shape index (κ2) is 10.8. The van der Waals surface area contributed by atoms with E-state index in [4.69, 9.17) is 15.6 Å². The number of hydrogen-bond donors (Lipinski definition) is 2. The van der Waals surface area contributed by atoms with Gasteiger partial charge in [0, 0.05) is 44.0 Å². The number of carbonyl (C=O) groups is 2. The van der Waals surface area contributed by atoms with E-state index in [0.717, 1.165) is 25.2 Å². The standard InChI is InChI=1S/C14H9F3N4O.C9H17NO3/c15-14(16,17)9-1-2-12(20-7-9)21-4-3-8-6-19-10(13(18)22)5-11(8)21;1-7(11)6-13-9-3-4-10(5-9)8(2)12/h1-7H,(H2,18,22);7,9,11H,3-6H2,1-2H3. The molecule has 1 saturated heterocycles. The molecule has 3 aromatic heterocycles. The molecule has 4 heterocycles. The Morgan fingerprint density at radius 2 is 2.00 bits per heavy atom. The van der Waals surface area contributed by atoms with Crippen molar-refractivity contribution >= 4 is 22.7 Å². The number of likely N-dealkylation sites (tertiary alicyclic amines) is 1. The van der Waals surface area contributed by atoms with Crippen LogP contribution in [0.3, 0.4) is 0 Å². The Balaban J connectivity index is 0.000000225. The Bertz CT molecular complexity index is 1180. The molecule has 0 bridgehead atoms. The zero-order valence-electron chi connectivity index (χ0n) is 19.2. The maximum atomic E-state index is 12.6. The number of primary amides is 1. The van der Waals surface area contributed by atoms with E-state index in [1.165, 1.54) is 18.3 Å². The van der Waals surface area contributed by atoms with Gasteiger partial charge in [-0.3, -0.25) is 14.6 Å². The first kappa shape index (κ1) is 26.1. The number of nitrogens with two attached hydrogens (primary N) is 1. The number of rotatable bonds is 5. The van der Waals surface area contributed by atoms with Gasteiger partial charge < -0.3 is 25.0 Å². The average molecular weight is 493 g/mol. The lowest BCUT2D eigenvalue weighted by atomic mass is 10.2. The van der Waals surface area contributed by atoms with Crippen molar-refractivity contribution in [2.75, 3.05) is 19.7 Å². The fourth-order valence-electron chi connectivity index (χ4n) is 3.48. The lowest BCUT2D eigenvalue weighted by Gasteiger charge is -2.15. The number of nitrogens with zero attached hydrogens (tertiary/aromatic N) is 4. The minimum atomic E-state index is -4.44. The number of ether oxygens (including phenoxy) is 1. The van der Waals surface area contributed by atoms with Crippen molar-refractivity contribution in [2.45, 2.75) is 38.7 Å². The third-order valence-electron chi connectivity index (χ3n) is 5.31. The number of aliphatic hydroxyl groups excluding tert-OH is 1. The summed E-state index contributed by atoms with van der Waals surface area (Å²) in [5.74, 6) is -0.289. The molecule has 3 N–H and O–H groups in total. The molecule has 35 heavy (non-hydrogen) atoms. The summed E-state index contributed by atoms with van der Waals surface area (Å²) in [6.07, 6.45) is -0.00965. The number of carbonyl (C=O) groups excluding carboxylic acids is 2. The summed E-state index contributed by atoms with van der Waals surface area (Å²) in [7, 11) is 0. The molecule has 3 aromatic rings. The Hall–Kier alpha value is -3.51. The number of alkyl halides is 3. The molecule has 1 fully saturated rings. The zero-order valence-corrected chi connectivity index (χ0v) is 19.2. The molecule has 0 radical (unpaired) electrons. The number of hydrogen-bond acceptors (Lipinski definition) is 6. The van der Waals surface area contributed by atoms with Gasteiger partial charge in [-0.2, -0.15) is 13.2 Å². The maximum absolute atomic E-state index is 12.6. The van der Waals surface area contributed by atoms with Crippen molar-refractivity contribution in [3.8, 4) is 5.82 Å². The van der Waals surface area contributed by atoms with E-state index in [-0.39, 0.29) is 17.7 Å². The molecule has 1 aliphatic heterocycles. The Labute approximate surface area is 199 Å². The highest BCUT2D eigenvalue weighted by Crippen LogP contribution is 2.29. The van der Waals surface area contributed by atoms with Crippen LogP contribution in [0.2, 0.25) is 0 Å². The number of pyridine rings is 2. The lowest BCUT2D eigenvalue weighted by molar-refractivity contribution is -0.137. The van der Waals surface area contributed by atoms with Crippen molar-refractivity contribution in [3.63, 3.8) is 0 Å². The fourth-order valence-corrected chi connectivity index (χ4v) is 3.48. The van der Waals surface area contributed by atoms with Gasteiger partial charge >= 0.3 is 6.18 Å². The van der Waals surface area contributed by atoms with Gasteiger partial charge in [0.1, 0.15) is 11.5 Å². The molecular weight excluding hydrogens is 467 g/mol. The van der Waals surface area contributed by atoms with E-state index in [9.17, 15) is 22.8 Å². The van der Waals surface area contributed by atoms with Gasteiger partial charge in [-0.1, -0.05) is 0 Å². The van der Waals surface area contributed by atoms with Gasteiger partial charge in [-0.05, 0) is 37.6 Å². The van der Waals surface area contributed by atoms with Crippen LogP contribution in [0.25, 0.3) is 16.7 Å². The highest BCUT2D eigenvalue weighted by molar-refractivity contribution is 5.94. The molecule has 12 heteroatoms. The molecule has 2 amide bonds. The quantitative estimate of drug-likeness (QED) is 0.563. The van der Waals surface area contributed by atoms with Crippen LogP contribution in [0.1, 0.15) is 36.3 Å². The van der Waals surface area contributed by atoms with Gasteiger partial charge in [0.2, 0.25) is 5.91 Å². The van der Waals surface area contributed by atoms with Gasteiger partial charge in [0.25, 0.3) is 5.91 Å². The summed E-state index contributed by atoms with van der Waals surface area (Å²) in [6.45, 7) is 5.06. The van der Waals surface area contributed by atoms with Crippen LogP contribution >= 0.6 is 0 Å². The first-order valence-electron chi connectivity index (χ1n) is 10.8. The summed E-state index contributed by atoms with van der Waals surface area (Å²) in [5.41, 5.74) is 5.00. The van der Waals surface area contributed by atoms with Gasteiger partial charge in [-0.15, -0.1) is 0 Å². The highest BCUT2D eigenvalue weighted by atomic mass is 19.4. The van der Waals surface area contributed by atoms with E-state index in [1.807, 2.05) is 0 Å². The van der Waals surface area contributed by atoms with Crippen LogP contribution in [0, 0.1) is 0 Å². The third-order valence-corrected chi connectivity index (χ3v) is 5.31. The maximum Gasteiger partial charge on any atom is 0.417 e. The summed E-state index contributed by atoms with van der Waals surface area (Å²) < 4.78 is 44.6. The number of fused-ring (bicyclic) bond motifs is 1. The first-order chi connectivity index (χ1) is 16.5. The van der Waals surface area contributed by atoms with E-state index in [1.54, 1.807) is 35.6 Å². The molecule has 0 spiro atoms. The van der Waals surface area contributed by atoms with Crippen molar-refractivity contribution < 1.29 is 32.6 Å². The summed E-state index contributed by atoms with van der Waals surface area (Å²) in [4.78, 5) is 31.6. The van der Waals surface area contributed by atoms with E-state index >= 15 is 0 Å². The van der Waals surface area contributed by atoms with Crippen LogP contribution < -0.4 is 5.73 Å². The van der Waals surface area contributed by atoms with Crippen LogP contribution in [0.5, 0.6) is 0 Å². The highest BCUT2D eigenvalue weighted by Gasteiger charge is 2.30. The summed E-state index contributed by atoms with van der Waals surface area (Å²) in [5, 5.41) is 9.70. The number of aliphatic hydroxyl groups is 1. The zero-order chi connectivity index (χ0) is 25.8. The largest absolute Gasteiger partial charge is 0.417 e. The van der Waals surface area contributed by atoms with Gasteiger partial charge in [-0.25, -0.2) is 4.98 Å². The molecule has 0 aliphatic carbocycles. The summed E-state index contributed by atoms with van der Waals surface area (Å²) in [6, 6.07) is 5.39. The van der Waals surface area contributed by atoms with E-state index in [0.29, 0.717) is 29.9 Å². The minimum absolute atomic E-state index is 0.0689. The van der Waals surface area contributed by atoms with Crippen LogP contribution in [0.15, 0.2) is 42.9 Å². The predicted molar refractivity (Wildman–Crippen MR) is 121 cm³/mol. The lowest BCUT2D eigenvalue weighted by Crippen LogP contribution is -2.28. The van der Waals surface area contributed by atoms with Crippen LogP contribution in [0.4, 0.5) is 13.2 Å². The summed E-state index contributed by atoms with van der Waals surface area (Å²) >= 11 is 0. The smallest absolute Gasteiger partial charge is 0.391 e. The molecule has 188 valence electrons.